The minimum atomic E-state index is -0.526. The average molecular weight is 918 g/mol. The molecule has 0 radical (unpaired) electrons. The second kappa shape index (κ2) is 15.3. The Morgan fingerprint density at radius 3 is 1.53 bits per heavy atom. The van der Waals surface area contributed by atoms with Crippen LogP contribution in [0, 0.1) is 0 Å². The molecule has 1 atom stereocenters. The number of rotatable bonds is 6. The molecule has 1 heterocycles. The largest absolute Gasteiger partial charge is 0.456 e. The lowest BCUT2D eigenvalue weighted by Crippen LogP contribution is -2.26. The molecular weight excluding hydrogens is 871 g/mol. The Morgan fingerprint density at radius 2 is 0.792 bits per heavy atom. The Balaban J connectivity index is 0.939. The lowest BCUT2D eigenvalue weighted by molar-refractivity contribution is 0.660. The zero-order valence-corrected chi connectivity index (χ0v) is 40.0. The van der Waals surface area contributed by atoms with Crippen LogP contribution in [0.5, 0.6) is 0 Å². The van der Waals surface area contributed by atoms with Gasteiger partial charge < -0.3 is 9.32 Å². The summed E-state index contributed by atoms with van der Waals surface area (Å²) < 4.78 is 6.37. The lowest BCUT2D eigenvalue weighted by atomic mass is 9.70. The smallest absolute Gasteiger partial charge is 0.136 e. The molecule has 0 bridgehead atoms. The lowest BCUT2D eigenvalue weighted by Gasteiger charge is -2.32. The first kappa shape index (κ1) is 40.9. The second-order valence-corrected chi connectivity index (χ2v) is 20.3. The molecule has 12 aromatic rings. The van der Waals surface area contributed by atoms with Crippen molar-refractivity contribution in [2.24, 2.45) is 0 Å². The quantitative estimate of drug-likeness (QED) is 0.165. The first-order valence-electron chi connectivity index (χ1n) is 25.2. The Labute approximate surface area is 419 Å². The van der Waals surface area contributed by atoms with Gasteiger partial charge in [0, 0.05) is 33.1 Å². The predicted octanol–water partition coefficient (Wildman–Crippen LogP) is 18.7. The zero-order valence-electron chi connectivity index (χ0n) is 40.0. The van der Waals surface area contributed by atoms with Crippen molar-refractivity contribution < 1.29 is 4.42 Å². The van der Waals surface area contributed by atoms with Crippen molar-refractivity contribution in [1.29, 1.82) is 0 Å². The molecule has 0 amide bonds. The van der Waals surface area contributed by atoms with Crippen LogP contribution in [0.3, 0.4) is 0 Å². The number of anilines is 3. The van der Waals surface area contributed by atoms with Crippen LogP contribution in [0.4, 0.5) is 17.1 Å². The topological polar surface area (TPSA) is 16.4 Å². The summed E-state index contributed by atoms with van der Waals surface area (Å²) >= 11 is 0. The van der Waals surface area contributed by atoms with Crippen molar-refractivity contribution >= 4 is 39.0 Å². The van der Waals surface area contributed by atoms with Gasteiger partial charge in [-0.15, -0.1) is 0 Å². The number of para-hydroxylation sites is 1. The molecule has 1 unspecified atom stereocenters. The summed E-state index contributed by atoms with van der Waals surface area (Å²) in [5.74, 6) is 0. The van der Waals surface area contributed by atoms with E-state index in [1.807, 2.05) is 12.1 Å². The van der Waals surface area contributed by atoms with Crippen LogP contribution in [-0.2, 0) is 10.8 Å². The standard InChI is InChI=1S/C70H47NO/c1-69(2)62-40-47(44-16-5-3-6-17-44)30-36-53(62)54-39-35-51(43-63(54)69)71(50-33-28-46(29-34-50)49-32-38-57-56-21-11-14-27-66(56)72-67(57)42-49)65-26-15-25-61-68(65)58-22-10-13-24-60(58)70(61)59-23-12-9-20-52(59)55-37-31-48(41-64(55)70)45-18-7-4-8-19-45/h3-43H,1-2H3. The molecule has 15 rings (SSSR count). The summed E-state index contributed by atoms with van der Waals surface area (Å²) in [7, 11) is 0. The molecule has 2 heteroatoms. The summed E-state index contributed by atoms with van der Waals surface area (Å²) in [6.07, 6.45) is 0. The molecule has 72 heavy (non-hydrogen) atoms. The third-order valence-corrected chi connectivity index (χ3v) is 16.3. The fourth-order valence-corrected chi connectivity index (χ4v) is 13.0. The van der Waals surface area contributed by atoms with E-state index in [4.69, 9.17) is 4.42 Å². The van der Waals surface area contributed by atoms with Gasteiger partial charge in [-0.05, 0) is 155 Å². The Hall–Kier alpha value is -8.98. The number of hydrogen-bond donors (Lipinski definition) is 0. The maximum Gasteiger partial charge on any atom is 0.136 e. The van der Waals surface area contributed by atoms with E-state index < -0.39 is 5.41 Å². The molecule has 0 saturated carbocycles. The summed E-state index contributed by atoms with van der Waals surface area (Å²) in [6.45, 7) is 4.79. The van der Waals surface area contributed by atoms with Crippen LogP contribution in [0.1, 0.15) is 47.2 Å². The van der Waals surface area contributed by atoms with Gasteiger partial charge in [-0.3, -0.25) is 0 Å². The van der Waals surface area contributed by atoms with E-state index in [-0.39, 0.29) is 5.41 Å². The number of fused-ring (bicyclic) bond motifs is 16. The van der Waals surface area contributed by atoms with Gasteiger partial charge in [0.05, 0.1) is 11.1 Å². The van der Waals surface area contributed by atoms with Gasteiger partial charge >= 0.3 is 0 Å². The van der Waals surface area contributed by atoms with Crippen LogP contribution in [0.15, 0.2) is 253 Å². The van der Waals surface area contributed by atoms with Gasteiger partial charge in [-0.2, -0.15) is 0 Å². The van der Waals surface area contributed by atoms with Crippen LogP contribution < -0.4 is 4.90 Å². The molecule has 11 aromatic carbocycles. The predicted molar refractivity (Wildman–Crippen MR) is 299 cm³/mol. The molecule has 1 spiro atoms. The highest BCUT2D eigenvalue weighted by Gasteiger charge is 2.52. The van der Waals surface area contributed by atoms with Crippen molar-refractivity contribution in [3.63, 3.8) is 0 Å². The van der Waals surface area contributed by atoms with Gasteiger partial charge in [0.15, 0.2) is 0 Å². The molecule has 2 nitrogen and oxygen atoms in total. The van der Waals surface area contributed by atoms with Crippen molar-refractivity contribution in [2.45, 2.75) is 24.7 Å². The monoisotopic (exact) mass is 917 g/mol. The maximum atomic E-state index is 6.37. The van der Waals surface area contributed by atoms with Crippen molar-refractivity contribution in [3.05, 3.63) is 282 Å². The fourth-order valence-electron chi connectivity index (χ4n) is 13.0. The van der Waals surface area contributed by atoms with E-state index in [2.05, 4.69) is 255 Å². The Morgan fingerprint density at radius 1 is 0.306 bits per heavy atom. The summed E-state index contributed by atoms with van der Waals surface area (Å²) in [5.41, 5.74) is 27.3. The molecule has 1 aromatic heterocycles. The molecule has 3 aliphatic rings. The number of hydrogen-bond acceptors (Lipinski definition) is 2. The summed E-state index contributed by atoms with van der Waals surface area (Å²) in [6, 6.07) is 92.4. The van der Waals surface area contributed by atoms with Crippen LogP contribution in [0.2, 0.25) is 0 Å². The highest BCUT2D eigenvalue weighted by atomic mass is 16.3. The maximum absolute atomic E-state index is 6.37. The first-order valence-corrected chi connectivity index (χ1v) is 25.2. The average Bonchev–Trinajstić information content (AvgIpc) is 4.13. The van der Waals surface area contributed by atoms with Crippen LogP contribution in [0.25, 0.3) is 88.7 Å². The van der Waals surface area contributed by atoms with E-state index in [0.717, 1.165) is 50.1 Å². The van der Waals surface area contributed by atoms with Gasteiger partial charge in [0.2, 0.25) is 0 Å². The third kappa shape index (κ3) is 5.72. The Bertz CT molecular complexity index is 4180. The van der Waals surface area contributed by atoms with Crippen LogP contribution >= 0.6 is 0 Å². The number of nitrogens with zero attached hydrogens (tertiary/aromatic N) is 1. The minimum absolute atomic E-state index is 0.237. The highest BCUT2D eigenvalue weighted by Crippen LogP contribution is 2.65. The van der Waals surface area contributed by atoms with E-state index in [0.29, 0.717) is 0 Å². The fraction of sp³-hybridized carbons (Fsp3) is 0.0571. The van der Waals surface area contributed by atoms with E-state index in [1.54, 1.807) is 0 Å². The number of furan rings is 1. The molecular formula is C70H47NO. The van der Waals surface area contributed by atoms with Gasteiger partial charge in [-0.25, -0.2) is 0 Å². The van der Waals surface area contributed by atoms with E-state index in [9.17, 15) is 0 Å². The van der Waals surface area contributed by atoms with Gasteiger partial charge in [-0.1, -0.05) is 202 Å². The van der Waals surface area contributed by atoms with E-state index in [1.165, 1.54) is 89.0 Å². The van der Waals surface area contributed by atoms with E-state index >= 15 is 0 Å². The molecule has 0 aliphatic heterocycles. The first-order chi connectivity index (χ1) is 35.4. The molecule has 0 N–H and O–H groups in total. The number of benzene rings is 11. The minimum Gasteiger partial charge on any atom is -0.456 e. The van der Waals surface area contributed by atoms with Crippen molar-refractivity contribution in [2.75, 3.05) is 4.90 Å². The molecule has 338 valence electrons. The summed E-state index contributed by atoms with van der Waals surface area (Å²) in [4.78, 5) is 2.53. The normalized spacial score (nSPS) is 15.2. The second-order valence-electron chi connectivity index (χ2n) is 20.3. The molecule has 0 saturated heterocycles. The Kier molecular flexibility index (Phi) is 8.66. The van der Waals surface area contributed by atoms with Gasteiger partial charge in [0.25, 0.3) is 0 Å². The highest BCUT2D eigenvalue weighted by molar-refractivity contribution is 6.06. The van der Waals surface area contributed by atoms with Crippen LogP contribution in [-0.4, -0.2) is 0 Å². The molecule has 0 fully saturated rings. The summed E-state index contributed by atoms with van der Waals surface area (Å²) in [5, 5.41) is 2.28. The molecule has 3 aliphatic carbocycles. The SMILES string of the molecule is CC1(C)c2cc(-c3ccccc3)ccc2-c2ccc(N(c3ccc(-c4ccc5c(c4)oc4ccccc45)cc3)c3cccc4c3-c3ccccc3C43c4ccccc4-c4ccc(-c5ccccc5)cc43)cc21. The third-order valence-electron chi connectivity index (χ3n) is 16.3. The van der Waals surface area contributed by atoms with Crippen molar-refractivity contribution in [3.8, 4) is 66.8 Å². The van der Waals surface area contributed by atoms with Crippen molar-refractivity contribution in [1.82, 2.24) is 0 Å². The zero-order chi connectivity index (χ0) is 47.7. The van der Waals surface area contributed by atoms with Gasteiger partial charge in [0.1, 0.15) is 11.2 Å².